The molecule has 0 radical (unpaired) electrons. The van der Waals surface area contributed by atoms with Crippen LogP contribution in [0.5, 0.6) is 0 Å². The van der Waals surface area contributed by atoms with Crippen LogP contribution in [0.3, 0.4) is 0 Å². The fourth-order valence-electron chi connectivity index (χ4n) is 1.84. The van der Waals surface area contributed by atoms with Gasteiger partial charge in [-0.1, -0.05) is 25.2 Å². The predicted octanol–water partition coefficient (Wildman–Crippen LogP) is 1.31. The lowest BCUT2D eigenvalue weighted by Gasteiger charge is -2.31. The first kappa shape index (κ1) is 9.49. The summed E-state index contributed by atoms with van der Waals surface area (Å²) in [5.41, 5.74) is 0. The van der Waals surface area contributed by atoms with Gasteiger partial charge in [0.25, 0.3) is 0 Å². The van der Waals surface area contributed by atoms with Crippen LogP contribution in [0.4, 0.5) is 0 Å². The largest absolute Gasteiger partial charge is 0.368 e. The van der Waals surface area contributed by atoms with Gasteiger partial charge >= 0.3 is 0 Å². The van der Waals surface area contributed by atoms with Crippen molar-refractivity contribution in [2.45, 2.75) is 19.6 Å². The normalized spacial score (nSPS) is 35.5. The lowest BCUT2D eigenvalue weighted by atomic mass is 9.76. The van der Waals surface area contributed by atoms with Crippen LogP contribution in [0.1, 0.15) is 13.3 Å². The quantitative estimate of drug-likeness (QED) is 0.482. The first-order valence-corrected chi connectivity index (χ1v) is 4.32. The SMILES string of the molecule is C=CC1C(C)C=CCC1C(O)O. The molecule has 0 fully saturated rings. The molecule has 3 unspecified atom stereocenters. The van der Waals surface area contributed by atoms with E-state index in [9.17, 15) is 0 Å². The number of allylic oxidation sites excluding steroid dienone is 3. The van der Waals surface area contributed by atoms with E-state index in [2.05, 4.69) is 19.6 Å². The van der Waals surface area contributed by atoms with E-state index in [4.69, 9.17) is 10.2 Å². The van der Waals surface area contributed by atoms with Gasteiger partial charge in [-0.05, 0) is 18.3 Å². The van der Waals surface area contributed by atoms with Crippen LogP contribution < -0.4 is 0 Å². The summed E-state index contributed by atoms with van der Waals surface area (Å²) in [6.45, 7) is 5.78. The standard InChI is InChI=1S/C10H16O2/c1-3-8-7(2)5-4-6-9(8)10(11)12/h3-5,7-12H,1,6H2,2H3. The molecule has 0 aliphatic heterocycles. The average Bonchev–Trinajstić information content (AvgIpc) is 2.03. The Morgan fingerprint density at radius 2 is 2.25 bits per heavy atom. The molecule has 2 heteroatoms. The number of hydrogen-bond acceptors (Lipinski definition) is 2. The predicted molar refractivity (Wildman–Crippen MR) is 48.3 cm³/mol. The molecule has 68 valence electrons. The summed E-state index contributed by atoms with van der Waals surface area (Å²) in [7, 11) is 0. The van der Waals surface area contributed by atoms with Crippen LogP contribution in [-0.4, -0.2) is 16.5 Å². The summed E-state index contributed by atoms with van der Waals surface area (Å²) in [6, 6.07) is 0. The van der Waals surface area contributed by atoms with Crippen LogP contribution in [-0.2, 0) is 0 Å². The van der Waals surface area contributed by atoms with Crippen molar-refractivity contribution in [2.75, 3.05) is 0 Å². The molecule has 0 aromatic rings. The van der Waals surface area contributed by atoms with Crippen LogP contribution in [0.25, 0.3) is 0 Å². The summed E-state index contributed by atoms with van der Waals surface area (Å²) in [6.07, 6.45) is 5.44. The Bertz CT molecular complexity index is 184. The number of rotatable bonds is 2. The highest BCUT2D eigenvalue weighted by molar-refractivity contribution is 5.04. The molecule has 3 atom stereocenters. The molecule has 0 saturated carbocycles. The third kappa shape index (κ3) is 1.76. The lowest BCUT2D eigenvalue weighted by molar-refractivity contribution is -0.0990. The second-order valence-electron chi connectivity index (χ2n) is 3.41. The van der Waals surface area contributed by atoms with Crippen LogP contribution in [0.15, 0.2) is 24.8 Å². The molecular formula is C10H16O2. The lowest BCUT2D eigenvalue weighted by Crippen LogP contribution is -2.31. The van der Waals surface area contributed by atoms with Crippen molar-refractivity contribution in [1.29, 1.82) is 0 Å². The minimum Gasteiger partial charge on any atom is -0.368 e. The van der Waals surface area contributed by atoms with Gasteiger partial charge in [-0.3, -0.25) is 0 Å². The van der Waals surface area contributed by atoms with Crippen molar-refractivity contribution in [1.82, 2.24) is 0 Å². The number of aliphatic hydroxyl groups excluding tert-OH is 1. The number of hydrogen-bond donors (Lipinski definition) is 2. The third-order valence-corrected chi connectivity index (χ3v) is 2.60. The Morgan fingerprint density at radius 1 is 1.58 bits per heavy atom. The maximum absolute atomic E-state index is 9.07. The van der Waals surface area contributed by atoms with E-state index in [0.717, 1.165) is 6.42 Å². The van der Waals surface area contributed by atoms with E-state index in [1.807, 2.05) is 12.2 Å². The van der Waals surface area contributed by atoms with Gasteiger partial charge in [-0.15, -0.1) is 6.58 Å². The minimum absolute atomic E-state index is 0.0810. The maximum atomic E-state index is 9.07. The molecule has 1 rings (SSSR count). The second-order valence-corrected chi connectivity index (χ2v) is 3.41. The molecule has 0 amide bonds. The highest BCUT2D eigenvalue weighted by Crippen LogP contribution is 2.32. The van der Waals surface area contributed by atoms with Crippen molar-refractivity contribution in [2.24, 2.45) is 17.8 Å². The molecule has 12 heavy (non-hydrogen) atoms. The van der Waals surface area contributed by atoms with Crippen molar-refractivity contribution in [3.05, 3.63) is 24.8 Å². The highest BCUT2D eigenvalue weighted by atomic mass is 16.5. The first-order valence-electron chi connectivity index (χ1n) is 4.32. The van der Waals surface area contributed by atoms with Crippen molar-refractivity contribution in [3.8, 4) is 0 Å². The summed E-state index contributed by atoms with van der Waals surface area (Å²) >= 11 is 0. The zero-order valence-corrected chi connectivity index (χ0v) is 7.35. The molecule has 0 bridgehead atoms. The Kier molecular flexibility index (Phi) is 3.06. The van der Waals surface area contributed by atoms with Gasteiger partial charge in [0.05, 0.1) is 0 Å². The third-order valence-electron chi connectivity index (χ3n) is 2.60. The zero-order chi connectivity index (χ0) is 9.14. The molecule has 2 N–H and O–H groups in total. The molecule has 1 aliphatic carbocycles. The second kappa shape index (κ2) is 3.87. The zero-order valence-electron chi connectivity index (χ0n) is 7.35. The van der Waals surface area contributed by atoms with E-state index in [1.165, 1.54) is 0 Å². The van der Waals surface area contributed by atoms with E-state index < -0.39 is 6.29 Å². The average molecular weight is 168 g/mol. The van der Waals surface area contributed by atoms with Crippen LogP contribution in [0, 0.1) is 17.8 Å². The summed E-state index contributed by atoms with van der Waals surface area (Å²) < 4.78 is 0. The minimum atomic E-state index is -1.22. The van der Waals surface area contributed by atoms with E-state index in [0.29, 0.717) is 5.92 Å². The van der Waals surface area contributed by atoms with Gasteiger partial charge < -0.3 is 10.2 Å². The molecule has 0 aromatic carbocycles. The maximum Gasteiger partial charge on any atom is 0.155 e. The Balaban J connectivity index is 2.74. The molecule has 2 nitrogen and oxygen atoms in total. The van der Waals surface area contributed by atoms with Crippen molar-refractivity contribution in [3.63, 3.8) is 0 Å². The summed E-state index contributed by atoms with van der Waals surface area (Å²) in [5, 5.41) is 18.1. The summed E-state index contributed by atoms with van der Waals surface area (Å²) in [4.78, 5) is 0. The van der Waals surface area contributed by atoms with E-state index >= 15 is 0 Å². The fraction of sp³-hybridized carbons (Fsp3) is 0.600. The Hall–Kier alpha value is -0.600. The topological polar surface area (TPSA) is 40.5 Å². The first-order chi connectivity index (χ1) is 5.66. The van der Waals surface area contributed by atoms with Gasteiger partial charge in [0.1, 0.15) is 0 Å². The van der Waals surface area contributed by atoms with Gasteiger partial charge in [-0.25, -0.2) is 0 Å². The molecule has 0 heterocycles. The molecule has 0 saturated heterocycles. The fourth-order valence-corrected chi connectivity index (χ4v) is 1.84. The van der Waals surface area contributed by atoms with Crippen LogP contribution >= 0.6 is 0 Å². The van der Waals surface area contributed by atoms with Crippen molar-refractivity contribution < 1.29 is 10.2 Å². The van der Waals surface area contributed by atoms with Gasteiger partial charge in [0.2, 0.25) is 0 Å². The molecule has 0 aromatic heterocycles. The van der Waals surface area contributed by atoms with Crippen LogP contribution in [0.2, 0.25) is 0 Å². The highest BCUT2D eigenvalue weighted by Gasteiger charge is 2.29. The Labute approximate surface area is 73.2 Å². The Morgan fingerprint density at radius 3 is 2.67 bits per heavy atom. The molecule has 1 aliphatic rings. The van der Waals surface area contributed by atoms with E-state index in [-0.39, 0.29) is 11.8 Å². The number of aliphatic hydroxyl groups is 2. The summed E-state index contributed by atoms with van der Waals surface area (Å²) in [5.74, 6) is 0.473. The smallest absolute Gasteiger partial charge is 0.155 e. The van der Waals surface area contributed by atoms with Gasteiger partial charge in [-0.2, -0.15) is 0 Å². The van der Waals surface area contributed by atoms with Gasteiger partial charge in [0.15, 0.2) is 6.29 Å². The monoisotopic (exact) mass is 168 g/mol. The van der Waals surface area contributed by atoms with E-state index in [1.54, 1.807) is 0 Å². The molecular weight excluding hydrogens is 152 g/mol. The molecule has 0 spiro atoms. The van der Waals surface area contributed by atoms with Gasteiger partial charge in [0, 0.05) is 5.92 Å². The van der Waals surface area contributed by atoms with Crippen molar-refractivity contribution >= 4 is 0 Å².